The lowest BCUT2D eigenvalue weighted by Gasteiger charge is -2.30. The van der Waals surface area contributed by atoms with Crippen molar-refractivity contribution in [2.24, 2.45) is 0 Å². The Morgan fingerprint density at radius 3 is 2.05 bits per heavy atom. The van der Waals surface area contributed by atoms with E-state index in [2.05, 4.69) is 5.32 Å². The van der Waals surface area contributed by atoms with Crippen molar-refractivity contribution in [3.63, 3.8) is 0 Å². The zero-order chi connectivity index (χ0) is 15.1. The fourth-order valence-electron chi connectivity index (χ4n) is 1.23. The summed E-state index contributed by atoms with van der Waals surface area (Å²) in [5, 5.41) is 10.3. The fourth-order valence-corrected chi connectivity index (χ4v) is 1.23. The highest BCUT2D eigenvalue weighted by molar-refractivity contribution is 5.74. The molecule has 1 aliphatic heterocycles. The fraction of sp³-hybridized carbons (Fsp3) is 0.800. The van der Waals surface area contributed by atoms with Gasteiger partial charge in [-0.05, 0) is 6.92 Å². The summed E-state index contributed by atoms with van der Waals surface area (Å²) in [5.41, 5.74) is 0. The van der Waals surface area contributed by atoms with Gasteiger partial charge in [-0.2, -0.15) is 13.2 Å². The molecule has 1 rings (SSSR count). The lowest BCUT2D eigenvalue weighted by atomic mass is 10.4. The summed E-state index contributed by atoms with van der Waals surface area (Å²) in [6.07, 6.45) is -5.08. The van der Waals surface area contributed by atoms with E-state index in [9.17, 15) is 18.0 Å². The molecule has 19 heavy (non-hydrogen) atoms. The van der Waals surface area contributed by atoms with Crippen molar-refractivity contribution < 1.29 is 27.9 Å². The Morgan fingerprint density at radius 1 is 1.32 bits per heavy atom. The molecule has 0 aliphatic carbocycles. The number of urea groups is 1. The number of alkyl halides is 3. The van der Waals surface area contributed by atoms with Gasteiger partial charge in [0.25, 0.3) is 0 Å². The number of halogens is 3. The predicted molar refractivity (Wildman–Crippen MR) is 61.8 cm³/mol. The third kappa shape index (κ3) is 6.85. The van der Waals surface area contributed by atoms with Gasteiger partial charge in [0.05, 0.1) is 0 Å². The molecule has 1 heterocycles. The van der Waals surface area contributed by atoms with Gasteiger partial charge in [0.15, 0.2) is 0 Å². The molecule has 2 amide bonds. The maximum atomic E-state index is 11.6. The SMILES string of the molecule is CCN(C)C(=O)N1CCNCC1.O=C(O)C(F)(F)F. The van der Waals surface area contributed by atoms with Gasteiger partial charge in [-0.3, -0.25) is 0 Å². The van der Waals surface area contributed by atoms with E-state index in [1.165, 1.54) is 0 Å². The topological polar surface area (TPSA) is 72.9 Å². The zero-order valence-corrected chi connectivity index (χ0v) is 10.8. The molecule has 0 bridgehead atoms. The lowest BCUT2D eigenvalue weighted by molar-refractivity contribution is -0.192. The number of carbonyl (C=O) groups is 2. The minimum Gasteiger partial charge on any atom is -0.475 e. The van der Waals surface area contributed by atoms with Crippen molar-refractivity contribution in [1.29, 1.82) is 0 Å². The molecule has 1 fully saturated rings. The van der Waals surface area contributed by atoms with E-state index in [1.807, 2.05) is 18.9 Å². The van der Waals surface area contributed by atoms with Gasteiger partial charge in [0.2, 0.25) is 0 Å². The molecule has 2 N–H and O–H groups in total. The number of carbonyl (C=O) groups excluding carboxylic acids is 1. The Morgan fingerprint density at radius 2 is 1.74 bits per heavy atom. The van der Waals surface area contributed by atoms with Gasteiger partial charge in [0.1, 0.15) is 0 Å². The number of hydrogen-bond donors (Lipinski definition) is 2. The largest absolute Gasteiger partial charge is 0.490 e. The van der Waals surface area contributed by atoms with E-state index < -0.39 is 12.1 Å². The number of aliphatic carboxylic acids is 1. The first kappa shape index (κ1) is 17.5. The standard InChI is InChI=1S/C8H17N3O.C2HF3O2/c1-3-10(2)8(12)11-6-4-9-5-7-11;3-2(4,5)1(6)7/h9H,3-7H2,1-2H3;(H,6,7). The van der Waals surface area contributed by atoms with Gasteiger partial charge < -0.3 is 20.2 Å². The molecule has 0 aromatic carbocycles. The minimum atomic E-state index is -5.08. The Balaban J connectivity index is 0.000000399. The Labute approximate surface area is 109 Å². The van der Waals surface area contributed by atoms with Crippen molar-refractivity contribution in [3.05, 3.63) is 0 Å². The lowest BCUT2D eigenvalue weighted by Crippen LogP contribution is -2.50. The molecule has 1 aliphatic rings. The smallest absolute Gasteiger partial charge is 0.475 e. The summed E-state index contributed by atoms with van der Waals surface area (Å²) in [4.78, 5) is 24.1. The third-order valence-corrected chi connectivity index (χ3v) is 2.43. The summed E-state index contributed by atoms with van der Waals surface area (Å²) in [6, 6.07) is 0.152. The normalized spacial score (nSPS) is 15.3. The first-order valence-electron chi connectivity index (χ1n) is 5.71. The molecule has 0 radical (unpaired) electrons. The van der Waals surface area contributed by atoms with Crippen LogP contribution in [0.15, 0.2) is 0 Å². The zero-order valence-electron chi connectivity index (χ0n) is 10.8. The van der Waals surface area contributed by atoms with Gasteiger partial charge >= 0.3 is 18.2 Å². The van der Waals surface area contributed by atoms with Crippen molar-refractivity contribution >= 4 is 12.0 Å². The Hall–Kier alpha value is -1.51. The first-order valence-corrected chi connectivity index (χ1v) is 5.71. The van der Waals surface area contributed by atoms with Crippen molar-refractivity contribution in [1.82, 2.24) is 15.1 Å². The Kier molecular flexibility index (Phi) is 7.20. The average Bonchev–Trinajstić information content (AvgIpc) is 2.37. The predicted octanol–water partition coefficient (Wildman–Crippen LogP) is 0.597. The minimum absolute atomic E-state index is 0.152. The van der Waals surface area contributed by atoms with E-state index in [-0.39, 0.29) is 6.03 Å². The quantitative estimate of drug-likeness (QED) is 0.740. The summed E-state index contributed by atoms with van der Waals surface area (Å²) in [6.45, 7) is 6.28. The maximum Gasteiger partial charge on any atom is 0.490 e. The molecule has 112 valence electrons. The monoisotopic (exact) mass is 285 g/mol. The van der Waals surface area contributed by atoms with Crippen LogP contribution in [0.25, 0.3) is 0 Å². The maximum absolute atomic E-state index is 11.6. The first-order chi connectivity index (χ1) is 8.70. The van der Waals surface area contributed by atoms with Crippen LogP contribution in [0.5, 0.6) is 0 Å². The second kappa shape index (κ2) is 7.82. The van der Waals surface area contributed by atoms with Crippen molar-refractivity contribution in [2.75, 3.05) is 39.8 Å². The molecule has 0 aromatic heterocycles. The Bertz CT molecular complexity index is 304. The van der Waals surface area contributed by atoms with Crippen LogP contribution >= 0.6 is 0 Å². The molecule has 1 saturated heterocycles. The number of carboxylic acids is 1. The number of nitrogens with one attached hydrogen (secondary N) is 1. The molecular formula is C10H18F3N3O3. The van der Waals surface area contributed by atoms with Crippen LogP contribution in [0.1, 0.15) is 6.92 Å². The second-order valence-electron chi connectivity index (χ2n) is 3.84. The molecule has 0 spiro atoms. The molecule has 0 unspecified atom stereocenters. The molecular weight excluding hydrogens is 267 g/mol. The van der Waals surface area contributed by atoms with Crippen LogP contribution in [0, 0.1) is 0 Å². The van der Waals surface area contributed by atoms with E-state index >= 15 is 0 Å². The van der Waals surface area contributed by atoms with Crippen LogP contribution in [-0.4, -0.2) is 72.9 Å². The van der Waals surface area contributed by atoms with E-state index in [0.29, 0.717) is 0 Å². The second-order valence-corrected chi connectivity index (χ2v) is 3.84. The highest BCUT2D eigenvalue weighted by atomic mass is 19.4. The van der Waals surface area contributed by atoms with Crippen LogP contribution in [0.3, 0.4) is 0 Å². The highest BCUT2D eigenvalue weighted by Gasteiger charge is 2.38. The third-order valence-electron chi connectivity index (χ3n) is 2.43. The van der Waals surface area contributed by atoms with Crippen molar-refractivity contribution in [2.45, 2.75) is 13.1 Å². The van der Waals surface area contributed by atoms with Crippen LogP contribution in [-0.2, 0) is 4.79 Å². The van der Waals surface area contributed by atoms with E-state index in [0.717, 1.165) is 32.7 Å². The molecule has 9 heteroatoms. The summed E-state index contributed by atoms with van der Waals surface area (Å²) in [7, 11) is 1.84. The number of carboxylic acid groups (broad SMARTS) is 1. The van der Waals surface area contributed by atoms with Crippen LogP contribution < -0.4 is 5.32 Å². The molecule has 0 atom stereocenters. The van der Waals surface area contributed by atoms with Crippen LogP contribution in [0.4, 0.5) is 18.0 Å². The van der Waals surface area contributed by atoms with Gasteiger partial charge in [0, 0.05) is 39.8 Å². The highest BCUT2D eigenvalue weighted by Crippen LogP contribution is 2.13. The van der Waals surface area contributed by atoms with E-state index in [1.54, 1.807) is 4.90 Å². The van der Waals surface area contributed by atoms with Gasteiger partial charge in [-0.25, -0.2) is 9.59 Å². The summed E-state index contributed by atoms with van der Waals surface area (Å²) >= 11 is 0. The summed E-state index contributed by atoms with van der Waals surface area (Å²) in [5.74, 6) is -2.76. The molecule has 0 saturated carbocycles. The number of amides is 2. The number of nitrogens with zero attached hydrogens (tertiary/aromatic N) is 2. The van der Waals surface area contributed by atoms with Crippen LogP contribution in [0.2, 0.25) is 0 Å². The van der Waals surface area contributed by atoms with Crippen molar-refractivity contribution in [3.8, 4) is 0 Å². The summed E-state index contributed by atoms with van der Waals surface area (Å²) < 4.78 is 31.7. The average molecular weight is 285 g/mol. The molecule has 0 aromatic rings. The number of piperazine rings is 1. The van der Waals surface area contributed by atoms with Gasteiger partial charge in [-0.1, -0.05) is 0 Å². The number of hydrogen-bond acceptors (Lipinski definition) is 3. The number of rotatable bonds is 1. The molecule has 6 nitrogen and oxygen atoms in total. The van der Waals surface area contributed by atoms with Gasteiger partial charge in [-0.15, -0.1) is 0 Å². The van der Waals surface area contributed by atoms with E-state index in [4.69, 9.17) is 9.90 Å².